The molecule has 1 atom stereocenters. The second kappa shape index (κ2) is 8.31. The molecular weight excluding hydrogens is 342 g/mol. The molecule has 0 radical (unpaired) electrons. The van der Waals surface area contributed by atoms with Crippen LogP contribution < -0.4 is 0 Å². The molecule has 6 nitrogen and oxygen atoms in total. The van der Waals surface area contributed by atoms with E-state index in [2.05, 4.69) is 5.10 Å². The van der Waals surface area contributed by atoms with E-state index in [1.807, 2.05) is 36.4 Å². The monoisotopic (exact) mass is 363 g/mol. The molecule has 0 saturated heterocycles. The van der Waals surface area contributed by atoms with E-state index < -0.39 is 12.1 Å². The van der Waals surface area contributed by atoms with Crippen LogP contribution in [-0.2, 0) is 16.1 Å². The Morgan fingerprint density at radius 2 is 1.67 bits per heavy atom. The van der Waals surface area contributed by atoms with Crippen molar-refractivity contribution in [3.8, 4) is 0 Å². The number of likely N-dealkylation sites (N-methyl/N-ethyl adjacent to an activating group) is 1. The molecular formula is C21H21N3O3. The van der Waals surface area contributed by atoms with E-state index in [4.69, 9.17) is 4.74 Å². The molecule has 0 saturated carbocycles. The van der Waals surface area contributed by atoms with Gasteiger partial charge in [-0.1, -0.05) is 60.7 Å². The minimum Gasteiger partial charge on any atom is -0.444 e. The van der Waals surface area contributed by atoms with Crippen molar-refractivity contribution in [2.75, 3.05) is 14.1 Å². The van der Waals surface area contributed by atoms with E-state index in [0.29, 0.717) is 17.7 Å². The Bertz CT molecular complexity index is 905. The summed E-state index contributed by atoms with van der Waals surface area (Å²) in [5, 5.41) is 4.21. The Hall–Kier alpha value is -3.41. The van der Waals surface area contributed by atoms with Gasteiger partial charge in [-0.15, -0.1) is 0 Å². The Morgan fingerprint density at radius 3 is 2.30 bits per heavy atom. The maximum atomic E-state index is 12.6. The highest BCUT2D eigenvalue weighted by Crippen LogP contribution is 2.21. The number of ether oxygens (including phenoxy) is 1. The number of esters is 1. The number of aromatic nitrogens is 2. The van der Waals surface area contributed by atoms with E-state index in [0.717, 1.165) is 5.56 Å². The molecule has 3 aromatic rings. The first-order valence-electron chi connectivity index (χ1n) is 8.58. The molecule has 2 aromatic carbocycles. The summed E-state index contributed by atoms with van der Waals surface area (Å²) in [6.45, 7) is 0.548. The molecule has 3 rings (SSSR count). The molecule has 0 aliphatic carbocycles. The molecule has 6 heteroatoms. The van der Waals surface area contributed by atoms with Crippen molar-refractivity contribution in [2.24, 2.45) is 0 Å². The number of nitrogens with zero attached hydrogens (tertiary/aromatic N) is 3. The number of carbonyl (C=O) groups excluding carboxylic acids is 2. The zero-order valence-corrected chi connectivity index (χ0v) is 15.3. The van der Waals surface area contributed by atoms with Crippen LogP contribution in [0.5, 0.6) is 0 Å². The van der Waals surface area contributed by atoms with Gasteiger partial charge >= 0.3 is 5.97 Å². The smallest absolute Gasteiger partial charge is 0.342 e. The Balaban J connectivity index is 1.75. The van der Waals surface area contributed by atoms with Crippen molar-refractivity contribution >= 4 is 11.9 Å². The van der Waals surface area contributed by atoms with E-state index in [1.54, 1.807) is 49.2 Å². The summed E-state index contributed by atoms with van der Waals surface area (Å²) in [6, 6.07) is 18.8. The SMILES string of the molecule is CN(C)C(=O)C(OC(=O)c1cnn(Cc2ccccc2)c1)c1ccccc1. The normalized spacial score (nSPS) is 11.6. The lowest BCUT2D eigenvalue weighted by Gasteiger charge is -2.20. The fourth-order valence-electron chi connectivity index (χ4n) is 2.62. The molecule has 0 bridgehead atoms. The average molecular weight is 363 g/mol. The lowest BCUT2D eigenvalue weighted by molar-refractivity contribution is -0.138. The summed E-state index contributed by atoms with van der Waals surface area (Å²) in [4.78, 5) is 26.5. The van der Waals surface area contributed by atoms with E-state index in [-0.39, 0.29) is 5.91 Å². The van der Waals surface area contributed by atoms with Crippen molar-refractivity contribution in [3.63, 3.8) is 0 Å². The predicted molar refractivity (Wildman–Crippen MR) is 101 cm³/mol. The van der Waals surface area contributed by atoms with Crippen molar-refractivity contribution in [2.45, 2.75) is 12.6 Å². The van der Waals surface area contributed by atoms with Crippen LogP contribution in [0.25, 0.3) is 0 Å². The largest absolute Gasteiger partial charge is 0.444 e. The molecule has 1 heterocycles. The molecule has 1 aromatic heterocycles. The quantitative estimate of drug-likeness (QED) is 0.632. The highest BCUT2D eigenvalue weighted by atomic mass is 16.5. The predicted octanol–water partition coefficient (Wildman–Crippen LogP) is 2.92. The van der Waals surface area contributed by atoms with Gasteiger partial charge in [0.25, 0.3) is 5.91 Å². The van der Waals surface area contributed by atoms with Gasteiger partial charge in [0.1, 0.15) is 0 Å². The van der Waals surface area contributed by atoms with Gasteiger partial charge in [0, 0.05) is 25.9 Å². The number of rotatable bonds is 6. The van der Waals surface area contributed by atoms with Crippen LogP contribution in [0, 0.1) is 0 Å². The summed E-state index contributed by atoms with van der Waals surface area (Å²) in [5.41, 5.74) is 2.00. The molecule has 0 aliphatic rings. The summed E-state index contributed by atoms with van der Waals surface area (Å²) in [7, 11) is 3.26. The van der Waals surface area contributed by atoms with Gasteiger partial charge in [-0.05, 0) is 5.56 Å². The fraction of sp³-hybridized carbons (Fsp3) is 0.190. The number of benzene rings is 2. The van der Waals surface area contributed by atoms with Crippen LogP contribution in [0.15, 0.2) is 73.1 Å². The van der Waals surface area contributed by atoms with Crippen LogP contribution in [0.3, 0.4) is 0 Å². The third kappa shape index (κ3) is 4.61. The second-order valence-corrected chi connectivity index (χ2v) is 6.34. The van der Waals surface area contributed by atoms with E-state index in [1.165, 1.54) is 11.1 Å². The van der Waals surface area contributed by atoms with Gasteiger partial charge < -0.3 is 9.64 Å². The molecule has 0 spiro atoms. The lowest BCUT2D eigenvalue weighted by Crippen LogP contribution is -2.31. The van der Waals surface area contributed by atoms with Gasteiger partial charge in [-0.2, -0.15) is 5.10 Å². The minimum absolute atomic E-state index is 0.300. The summed E-state index contributed by atoms with van der Waals surface area (Å²) in [6.07, 6.45) is 2.08. The van der Waals surface area contributed by atoms with Crippen molar-refractivity contribution in [1.29, 1.82) is 0 Å². The zero-order valence-electron chi connectivity index (χ0n) is 15.3. The van der Waals surface area contributed by atoms with Crippen LogP contribution in [0.4, 0.5) is 0 Å². The van der Waals surface area contributed by atoms with Gasteiger partial charge in [-0.3, -0.25) is 9.48 Å². The standard InChI is InChI=1S/C21H21N3O3/c1-23(2)20(25)19(17-11-7-4-8-12-17)27-21(26)18-13-22-24(15-18)14-16-9-5-3-6-10-16/h3-13,15,19H,14H2,1-2H3. The Kier molecular flexibility index (Phi) is 5.66. The van der Waals surface area contributed by atoms with Crippen molar-refractivity contribution in [3.05, 3.63) is 89.7 Å². The van der Waals surface area contributed by atoms with Crippen LogP contribution in [-0.4, -0.2) is 40.7 Å². The number of amides is 1. The lowest BCUT2D eigenvalue weighted by atomic mass is 10.1. The second-order valence-electron chi connectivity index (χ2n) is 6.34. The van der Waals surface area contributed by atoms with Gasteiger partial charge in [-0.25, -0.2) is 4.79 Å². The third-order valence-corrected chi connectivity index (χ3v) is 4.05. The first kappa shape index (κ1) is 18.4. The summed E-state index contributed by atoms with van der Waals surface area (Å²) < 4.78 is 7.19. The van der Waals surface area contributed by atoms with Crippen molar-refractivity contribution < 1.29 is 14.3 Å². The van der Waals surface area contributed by atoms with Crippen LogP contribution in [0.2, 0.25) is 0 Å². The molecule has 0 fully saturated rings. The maximum Gasteiger partial charge on any atom is 0.342 e. The third-order valence-electron chi connectivity index (χ3n) is 4.05. The summed E-state index contributed by atoms with van der Waals surface area (Å²) in [5.74, 6) is -0.885. The fourth-order valence-corrected chi connectivity index (χ4v) is 2.62. The first-order chi connectivity index (χ1) is 13.0. The Morgan fingerprint density at radius 1 is 1.04 bits per heavy atom. The zero-order chi connectivity index (χ0) is 19.2. The topological polar surface area (TPSA) is 64.4 Å². The number of carbonyl (C=O) groups is 2. The first-order valence-corrected chi connectivity index (χ1v) is 8.58. The highest BCUT2D eigenvalue weighted by Gasteiger charge is 2.27. The molecule has 0 N–H and O–H groups in total. The number of hydrogen-bond acceptors (Lipinski definition) is 4. The molecule has 138 valence electrons. The van der Waals surface area contributed by atoms with E-state index >= 15 is 0 Å². The van der Waals surface area contributed by atoms with Gasteiger partial charge in [0.2, 0.25) is 6.10 Å². The molecule has 1 amide bonds. The maximum absolute atomic E-state index is 12.6. The molecule has 0 aliphatic heterocycles. The summed E-state index contributed by atoms with van der Waals surface area (Å²) >= 11 is 0. The number of hydrogen-bond donors (Lipinski definition) is 0. The van der Waals surface area contributed by atoms with Gasteiger partial charge in [0.05, 0.1) is 18.3 Å². The Labute approximate surface area is 158 Å². The van der Waals surface area contributed by atoms with Crippen LogP contribution in [0.1, 0.15) is 27.6 Å². The average Bonchev–Trinajstić information content (AvgIpc) is 3.15. The van der Waals surface area contributed by atoms with E-state index in [9.17, 15) is 9.59 Å². The minimum atomic E-state index is -0.994. The van der Waals surface area contributed by atoms with Gasteiger partial charge in [0.15, 0.2) is 0 Å². The van der Waals surface area contributed by atoms with Crippen molar-refractivity contribution in [1.82, 2.24) is 14.7 Å². The van der Waals surface area contributed by atoms with Crippen LogP contribution >= 0.6 is 0 Å². The molecule has 1 unspecified atom stereocenters. The highest BCUT2D eigenvalue weighted by molar-refractivity contribution is 5.92. The molecule has 27 heavy (non-hydrogen) atoms.